The van der Waals surface area contributed by atoms with Crippen LogP contribution in [0, 0.1) is 26.0 Å². The highest BCUT2D eigenvalue weighted by atomic mass is 32.1. The molecule has 39 heavy (non-hydrogen) atoms. The number of aromatic hydroxyl groups is 1. The molecule has 194 valence electrons. The topological polar surface area (TPSA) is 141 Å². The van der Waals surface area contributed by atoms with Gasteiger partial charge in [-0.3, -0.25) is 29.6 Å². The number of fused-ring (bicyclic) bond motifs is 3. The van der Waals surface area contributed by atoms with E-state index in [0.717, 1.165) is 52.3 Å². The van der Waals surface area contributed by atoms with E-state index in [2.05, 4.69) is 0 Å². The van der Waals surface area contributed by atoms with Gasteiger partial charge in [-0.05, 0) is 53.3 Å². The van der Waals surface area contributed by atoms with Gasteiger partial charge in [0.2, 0.25) is 0 Å². The van der Waals surface area contributed by atoms with E-state index in [1.54, 1.807) is 12.1 Å². The molecule has 0 fully saturated rings. The molecule has 0 bridgehead atoms. The number of benzene rings is 3. The Morgan fingerprint density at radius 1 is 1.03 bits per heavy atom. The fourth-order valence-electron chi connectivity index (χ4n) is 5.11. The lowest BCUT2D eigenvalue weighted by Gasteiger charge is -2.30. The van der Waals surface area contributed by atoms with Crippen LogP contribution >= 0.6 is 11.3 Å². The van der Waals surface area contributed by atoms with Crippen LogP contribution in [0.1, 0.15) is 34.7 Å². The monoisotopic (exact) mass is 544 g/mol. The lowest BCUT2D eigenvalue weighted by atomic mass is 9.83. The fourth-order valence-corrected chi connectivity index (χ4v) is 6.11. The van der Waals surface area contributed by atoms with E-state index in [-0.39, 0.29) is 10.1 Å². The molecule has 1 atom stereocenters. The van der Waals surface area contributed by atoms with Crippen molar-refractivity contribution in [3.8, 4) is 5.75 Å². The highest BCUT2D eigenvalue weighted by molar-refractivity contribution is 7.07. The molecule has 6 rings (SSSR count). The number of aromatic nitrogens is 1. The van der Waals surface area contributed by atoms with E-state index in [1.807, 2.05) is 24.3 Å². The molecule has 0 saturated carbocycles. The van der Waals surface area contributed by atoms with E-state index >= 15 is 0 Å². The van der Waals surface area contributed by atoms with E-state index in [1.165, 1.54) is 22.8 Å². The molecule has 1 aliphatic heterocycles. The molecule has 12 heteroatoms. The molecular weight excluding hydrogens is 527 g/mol. The van der Waals surface area contributed by atoms with Gasteiger partial charge in [0.1, 0.15) is 5.82 Å². The minimum Gasteiger partial charge on any atom is -0.497 e. The van der Waals surface area contributed by atoms with Crippen molar-refractivity contribution < 1.29 is 19.3 Å². The van der Waals surface area contributed by atoms with Crippen LogP contribution in [0.5, 0.6) is 5.75 Å². The smallest absolute Gasteiger partial charge is 0.318 e. The number of hydrogen-bond donors (Lipinski definition) is 1. The van der Waals surface area contributed by atoms with Gasteiger partial charge in [0.15, 0.2) is 4.80 Å². The first-order valence-corrected chi connectivity index (χ1v) is 12.6. The molecule has 0 unspecified atom stereocenters. The Bertz CT molecular complexity index is 1890. The van der Waals surface area contributed by atoms with Gasteiger partial charge < -0.3 is 5.11 Å². The molecule has 3 aromatic carbocycles. The second kappa shape index (κ2) is 9.10. The van der Waals surface area contributed by atoms with Crippen molar-refractivity contribution in [3.05, 3.63) is 134 Å². The predicted molar refractivity (Wildman–Crippen MR) is 141 cm³/mol. The molecule has 4 aromatic rings. The van der Waals surface area contributed by atoms with Gasteiger partial charge in [0.25, 0.3) is 11.3 Å². The van der Waals surface area contributed by atoms with Gasteiger partial charge in [0.05, 0.1) is 26.1 Å². The number of halogens is 1. The Morgan fingerprint density at radius 3 is 2.36 bits per heavy atom. The lowest BCUT2D eigenvalue weighted by Crippen LogP contribution is -2.38. The standard InChI is InChI=1S/C27H17FN4O6S/c28-17-8-5-16(6-9-17)24-19-10-7-15-3-1-2-4-18(15)23(19)29-27-30(24)26(34)22(39-27)13-14-11-20(31(35)36)25(33)21(12-14)32(37)38/h1-6,8-9,11-13,24,33H,7,10H2/b22-13+/t24-/m0/s1. The van der Waals surface area contributed by atoms with Crippen molar-refractivity contribution in [1.82, 2.24) is 4.57 Å². The zero-order valence-electron chi connectivity index (χ0n) is 19.9. The van der Waals surface area contributed by atoms with Crippen molar-refractivity contribution in [2.75, 3.05) is 0 Å². The number of phenolic OH excluding ortho intramolecular Hbond substituents is 1. The summed E-state index contributed by atoms with van der Waals surface area (Å²) in [5.41, 5.74) is 2.29. The van der Waals surface area contributed by atoms with E-state index in [4.69, 9.17) is 4.99 Å². The third-order valence-electron chi connectivity index (χ3n) is 6.84. The lowest BCUT2D eigenvalue weighted by molar-refractivity contribution is -0.396. The molecule has 0 saturated heterocycles. The van der Waals surface area contributed by atoms with Crippen molar-refractivity contribution in [2.24, 2.45) is 4.99 Å². The van der Waals surface area contributed by atoms with Crippen LogP contribution in [0.4, 0.5) is 15.8 Å². The first-order valence-electron chi connectivity index (χ1n) is 11.8. The summed E-state index contributed by atoms with van der Waals surface area (Å²) in [5.74, 6) is -1.48. The number of nitro benzene ring substituents is 2. The van der Waals surface area contributed by atoms with Crippen LogP contribution in [-0.2, 0) is 6.42 Å². The van der Waals surface area contributed by atoms with Crippen LogP contribution in [0.15, 0.2) is 76.0 Å². The maximum atomic E-state index is 13.8. The highest BCUT2D eigenvalue weighted by Gasteiger charge is 2.33. The van der Waals surface area contributed by atoms with Crippen LogP contribution < -0.4 is 14.9 Å². The maximum absolute atomic E-state index is 13.8. The molecule has 1 N–H and O–H groups in total. The summed E-state index contributed by atoms with van der Waals surface area (Å²) in [6.45, 7) is 0. The second-order valence-corrected chi connectivity index (χ2v) is 10.1. The molecule has 1 aromatic heterocycles. The zero-order valence-corrected chi connectivity index (χ0v) is 20.7. The Labute approximate surface area is 222 Å². The number of aryl methyl sites for hydroxylation is 1. The number of rotatable bonds is 4. The van der Waals surface area contributed by atoms with Crippen molar-refractivity contribution in [1.29, 1.82) is 0 Å². The average Bonchev–Trinajstić information content (AvgIpc) is 3.22. The molecule has 0 radical (unpaired) electrons. The van der Waals surface area contributed by atoms with Crippen molar-refractivity contribution >= 4 is 34.5 Å². The number of allylic oxidation sites excluding steroid dienone is 1. The number of nitrogens with zero attached hydrogens (tertiary/aromatic N) is 4. The predicted octanol–water partition coefficient (Wildman–Crippen LogP) is 3.98. The minimum absolute atomic E-state index is 0.00361. The summed E-state index contributed by atoms with van der Waals surface area (Å²) in [7, 11) is 0. The molecule has 1 aliphatic carbocycles. The molecule has 10 nitrogen and oxygen atoms in total. The number of thiazole rings is 1. The number of hydrogen-bond acceptors (Lipinski definition) is 8. The van der Waals surface area contributed by atoms with Crippen LogP contribution in [0.3, 0.4) is 0 Å². The Kier molecular flexibility index (Phi) is 5.69. The van der Waals surface area contributed by atoms with Gasteiger partial charge >= 0.3 is 11.4 Å². The fraction of sp³-hybridized carbons (Fsp3) is 0.111. The maximum Gasteiger partial charge on any atom is 0.318 e. The van der Waals surface area contributed by atoms with E-state index in [9.17, 15) is 34.5 Å². The zero-order chi connectivity index (χ0) is 27.4. The number of phenols is 1. The minimum atomic E-state index is -1.06. The SMILES string of the molecule is O=c1/c(=C\c2cc([N+](=O)[O-])c(O)c([N+](=O)[O-])c2)sc2n1[C@@H](c1ccc(F)cc1)C1=C(N=2)c2ccccc2CC1. The molecule has 2 heterocycles. The first-order chi connectivity index (χ1) is 18.7. The Balaban J connectivity index is 1.61. The first kappa shape index (κ1) is 24.4. The highest BCUT2D eigenvalue weighted by Crippen LogP contribution is 2.41. The molecule has 0 amide bonds. The average molecular weight is 545 g/mol. The quantitative estimate of drug-likeness (QED) is 0.304. The van der Waals surface area contributed by atoms with Gasteiger partial charge in [-0.15, -0.1) is 0 Å². The normalized spacial score (nSPS) is 16.2. The Hall–Kier alpha value is -4.97. The van der Waals surface area contributed by atoms with Crippen LogP contribution in [0.2, 0.25) is 0 Å². The summed E-state index contributed by atoms with van der Waals surface area (Å²) < 4.78 is 15.5. The summed E-state index contributed by atoms with van der Waals surface area (Å²) in [5, 5.41) is 32.8. The largest absolute Gasteiger partial charge is 0.497 e. The van der Waals surface area contributed by atoms with Crippen LogP contribution in [-0.4, -0.2) is 19.5 Å². The van der Waals surface area contributed by atoms with Crippen LogP contribution in [0.25, 0.3) is 11.8 Å². The molecular formula is C27H17FN4O6S. The number of nitro groups is 2. The summed E-state index contributed by atoms with van der Waals surface area (Å²) in [6.07, 6.45) is 2.69. The van der Waals surface area contributed by atoms with E-state index < -0.39 is 44.4 Å². The molecule has 2 aliphatic rings. The third kappa shape index (κ3) is 4.01. The van der Waals surface area contributed by atoms with Crippen molar-refractivity contribution in [2.45, 2.75) is 18.9 Å². The third-order valence-corrected chi connectivity index (χ3v) is 7.82. The van der Waals surface area contributed by atoms with Gasteiger partial charge in [-0.25, -0.2) is 9.38 Å². The summed E-state index contributed by atoms with van der Waals surface area (Å²) in [6, 6.07) is 15.2. The van der Waals surface area contributed by atoms with Gasteiger partial charge in [-0.1, -0.05) is 47.7 Å². The van der Waals surface area contributed by atoms with Gasteiger partial charge in [-0.2, -0.15) is 0 Å². The molecule has 0 spiro atoms. The van der Waals surface area contributed by atoms with E-state index in [0.29, 0.717) is 16.8 Å². The van der Waals surface area contributed by atoms with Gasteiger partial charge in [0, 0.05) is 17.7 Å². The summed E-state index contributed by atoms with van der Waals surface area (Å²) in [4.78, 5) is 39.9. The second-order valence-electron chi connectivity index (χ2n) is 9.09. The summed E-state index contributed by atoms with van der Waals surface area (Å²) >= 11 is 1.04. The Morgan fingerprint density at radius 2 is 1.69 bits per heavy atom. The van der Waals surface area contributed by atoms with Crippen molar-refractivity contribution in [3.63, 3.8) is 0 Å².